The minimum absolute atomic E-state index is 0.610. The number of nitrogens with one attached hydrogen (secondary N) is 1. The summed E-state index contributed by atoms with van der Waals surface area (Å²) in [6, 6.07) is 5.12. The van der Waals surface area contributed by atoms with E-state index in [-0.39, 0.29) is 0 Å². The van der Waals surface area contributed by atoms with E-state index in [0.717, 1.165) is 18.4 Å². The second-order valence-corrected chi connectivity index (χ2v) is 6.63. The summed E-state index contributed by atoms with van der Waals surface area (Å²) >= 11 is 1.92. The highest BCUT2D eigenvalue weighted by Crippen LogP contribution is 2.39. The minimum atomic E-state index is 0.610. The fourth-order valence-corrected chi connectivity index (χ4v) is 4.17. The molecule has 102 valence electrons. The van der Waals surface area contributed by atoms with Crippen LogP contribution in [0.2, 0.25) is 0 Å². The van der Waals surface area contributed by atoms with Gasteiger partial charge in [0, 0.05) is 10.9 Å². The highest BCUT2D eigenvalue weighted by Gasteiger charge is 2.28. The molecule has 1 N–H and O–H groups in total. The van der Waals surface area contributed by atoms with Crippen molar-refractivity contribution in [2.24, 2.45) is 11.8 Å². The van der Waals surface area contributed by atoms with Crippen molar-refractivity contribution in [3.8, 4) is 0 Å². The molecule has 0 aromatic carbocycles. The van der Waals surface area contributed by atoms with Gasteiger partial charge in [-0.25, -0.2) is 0 Å². The molecule has 1 aromatic heterocycles. The van der Waals surface area contributed by atoms with Crippen molar-refractivity contribution in [2.75, 3.05) is 6.54 Å². The molecule has 1 fully saturated rings. The maximum absolute atomic E-state index is 3.80. The van der Waals surface area contributed by atoms with Crippen LogP contribution in [0.3, 0.4) is 0 Å². The van der Waals surface area contributed by atoms with Crippen molar-refractivity contribution >= 4 is 11.3 Å². The molecular weight excluding hydrogens is 238 g/mol. The van der Waals surface area contributed by atoms with Crippen LogP contribution < -0.4 is 5.32 Å². The lowest BCUT2D eigenvalue weighted by atomic mass is 9.76. The van der Waals surface area contributed by atoms with Crippen molar-refractivity contribution < 1.29 is 0 Å². The molecule has 2 rings (SSSR count). The van der Waals surface area contributed by atoms with Crippen molar-refractivity contribution in [1.29, 1.82) is 0 Å². The van der Waals surface area contributed by atoms with Gasteiger partial charge in [0.15, 0.2) is 0 Å². The molecule has 0 bridgehead atoms. The topological polar surface area (TPSA) is 12.0 Å². The Bertz CT molecular complexity index is 320. The normalized spacial score (nSPS) is 26.1. The van der Waals surface area contributed by atoms with E-state index >= 15 is 0 Å². The molecule has 18 heavy (non-hydrogen) atoms. The smallest absolute Gasteiger partial charge is 0.0443 e. The molecular formula is C16H27NS. The summed E-state index contributed by atoms with van der Waals surface area (Å²) < 4.78 is 0. The zero-order valence-electron chi connectivity index (χ0n) is 11.8. The third-order valence-electron chi connectivity index (χ3n) is 4.34. The van der Waals surface area contributed by atoms with Gasteiger partial charge in [0.2, 0.25) is 0 Å². The molecule has 0 spiro atoms. The second-order valence-electron chi connectivity index (χ2n) is 5.65. The van der Waals surface area contributed by atoms with E-state index in [2.05, 4.69) is 36.7 Å². The molecule has 0 aliphatic heterocycles. The van der Waals surface area contributed by atoms with Gasteiger partial charge in [0.1, 0.15) is 0 Å². The second kappa shape index (κ2) is 7.30. The largest absolute Gasteiger partial charge is 0.309 e. The van der Waals surface area contributed by atoms with Gasteiger partial charge in [-0.05, 0) is 49.1 Å². The highest BCUT2D eigenvalue weighted by atomic mass is 32.1. The first-order chi connectivity index (χ1) is 8.85. The highest BCUT2D eigenvalue weighted by molar-refractivity contribution is 7.10. The van der Waals surface area contributed by atoms with Crippen LogP contribution in [0.4, 0.5) is 0 Å². The fourth-order valence-electron chi connectivity index (χ4n) is 3.27. The van der Waals surface area contributed by atoms with Crippen LogP contribution in [0.25, 0.3) is 0 Å². The summed E-state index contributed by atoms with van der Waals surface area (Å²) in [6.45, 7) is 5.76. The van der Waals surface area contributed by atoms with E-state index in [1.165, 1.54) is 38.5 Å². The zero-order valence-corrected chi connectivity index (χ0v) is 12.6. The molecule has 0 amide bonds. The predicted octanol–water partition coefficient (Wildman–Crippen LogP) is 5.01. The first kappa shape index (κ1) is 14.1. The lowest BCUT2D eigenvalue weighted by Crippen LogP contribution is -2.31. The van der Waals surface area contributed by atoms with Gasteiger partial charge < -0.3 is 5.32 Å². The molecule has 0 saturated heterocycles. The zero-order chi connectivity index (χ0) is 12.8. The molecule has 1 aromatic rings. The van der Waals surface area contributed by atoms with Crippen LogP contribution in [0.5, 0.6) is 0 Å². The van der Waals surface area contributed by atoms with Gasteiger partial charge in [0.05, 0.1) is 0 Å². The Morgan fingerprint density at radius 1 is 1.39 bits per heavy atom. The van der Waals surface area contributed by atoms with Crippen molar-refractivity contribution in [2.45, 2.75) is 58.4 Å². The van der Waals surface area contributed by atoms with Gasteiger partial charge in [0.25, 0.3) is 0 Å². The number of thiophene rings is 1. The maximum atomic E-state index is 3.80. The van der Waals surface area contributed by atoms with E-state index in [4.69, 9.17) is 0 Å². The molecule has 0 radical (unpaired) electrons. The average Bonchev–Trinajstić information content (AvgIpc) is 2.93. The van der Waals surface area contributed by atoms with Crippen molar-refractivity contribution in [3.05, 3.63) is 22.4 Å². The summed E-state index contributed by atoms with van der Waals surface area (Å²) in [4.78, 5) is 1.55. The summed E-state index contributed by atoms with van der Waals surface area (Å²) in [6.07, 6.45) is 8.32. The Hall–Kier alpha value is -0.340. The fraction of sp³-hybridized carbons (Fsp3) is 0.750. The van der Waals surface area contributed by atoms with E-state index in [9.17, 15) is 0 Å². The van der Waals surface area contributed by atoms with E-state index < -0.39 is 0 Å². The summed E-state index contributed by atoms with van der Waals surface area (Å²) in [5.74, 6) is 1.82. The maximum Gasteiger partial charge on any atom is 0.0443 e. The summed E-state index contributed by atoms with van der Waals surface area (Å²) in [7, 11) is 0. The molecule has 1 heterocycles. The van der Waals surface area contributed by atoms with Crippen LogP contribution in [0.15, 0.2) is 17.5 Å². The van der Waals surface area contributed by atoms with Gasteiger partial charge in [-0.2, -0.15) is 0 Å². The molecule has 1 saturated carbocycles. The van der Waals surface area contributed by atoms with Crippen LogP contribution in [-0.4, -0.2) is 6.54 Å². The number of rotatable bonds is 6. The Labute approximate surface area is 116 Å². The molecule has 3 atom stereocenters. The minimum Gasteiger partial charge on any atom is -0.309 e. The van der Waals surface area contributed by atoms with Crippen LogP contribution in [0.1, 0.15) is 63.3 Å². The Morgan fingerprint density at radius 2 is 2.28 bits per heavy atom. The number of hydrogen-bond acceptors (Lipinski definition) is 2. The lowest BCUT2D eigenvalue weighted by Gasteiger charge is -2.34. The van der Waals surface area contributed by atoms with Crippen LogP contribution in [0, 0.1) is 11.8 Å². The van der Waals surface area contributed by atoms with Crippen molar-refractivity contribution in [1.82, 2.24) is 5.32 Å². The Balaban J connectivity index is 2.03. The van der Waals surface area contributed by atoms with Crippen molar-refractivity contribution in [3.63, 3.8) is 0 Å². The SMILES string of the molecule is CCCNC(c1cccs1)C1CCCC(CC)C1. The van der Waals surface area contributed by atoms with Crippen LogP contribution in [-0.2, 0) is 0 Å². The van der Waals surface area contributed by atoms with E-state index in [1.54, 1.807) is 4.88 Å². The average molecular weight is 265 g/mol. The predicted molar refractivity (Wildman–Crippen MR) is 81.1 cm³/mol. The lowest BCUT2D eigenvalue weighted by molar-refractivity contribution is 0.211. The van der Waals surface area contributed by atoms with Gasteiger partial charge >= 0.3 is 0 Å². The third-order valence-corrected chi connectivity index (χ3v) is 5.29. The quantitative estimate of drug-likeness (QED) is 0.762. The van der Waals surface area contributed by atoms with Gasteiger partial charge in [-0.1, -0.05) is 39.2 Å². The summed E-state index contributed by atoms with van der Waals surface area (Å²) in [5, 5.41) is 6.01. The summed E-state index contributed by atoms with van der Waals surface area (Å²) in [5.41, 5.74) is 0. The molecule has 2 heteroatoms. The first-order valence-corrected chi connectivity index (χ1v) is 8.49. The van der Waals surface area contributed by atoms with Gasteiger partial charge in [-0.15, -0.1) is 11.3 Å². The van der Waals surface area contributed by atoms with Crippen LogP contribution >= 0.6 is 11.3 Å². The van der Waals surface area contributed by atoms with E-state index in [0.29, 0.717) is 6.04 Å². The standard InChI is InChI=1S/C16H27NS/c1-3-10-17-16(15-9-6-11-18-15)14-8-5-7-13(4-2)12-14/h6,9,11,13-14,16-17H,3-5,7-8,10,12H2,1-2H3. The molecule has 1 aliphatic rings. The Morgan fingerprint density at radius 3 is 2.94 bits per heavy atom. The first-order valence-electron chi connectivity index (χ1n) is 7.61. The molecule has 1 aliphatic carbocycles. The Kier molecular flexibility index (Phi) is 5.71. The molecule has 1 nitrogen and oxygen atoms in total. The number of hydrogen-bond donors (Lipinski definition) is 1. The third kappa shape index (κ3) is 3.58. The van der Waals surface area contributed by atoms with E-state index in [1.807, 2.05) is 11.3 Å². The monoisotopic (exact) mass is 265 g/mol. The van der Waals surface area contributed by atoms with Gasteiger partial charge in [-0.3, -0.25) is 0 Å². The molecule has 3 unspecified atom stereocenters.